The lowest BCUT2D eigenvalue weighted by Crippen LogP contribution is -2.38. The summed E-state index contributed by atoms with van der Waals surface area (Å²) in [6, 6.07) is 17.7. The molecule has 0 unspecified atom stereocenters. The van der Waals surface area contributed by atoms with Gasteiger partial charge in [-0.1, -0.05) is 59.8 Å². The maximum atomic E-state index is 13.4. The predicted octanol–water partition coefficient (Wildman–Crippen LogP) is 5.69. The molecule has 40 heavy (non-hydrogen) atoms. The van der Waals surface area contributed by atoms with Crippen LogP contribution in [-0.4, -0.2) is 58.9 Å². The molecule has 2 aromatic carbocycles. The van der Waals surface area contributed by atoms with Crippen LogP contribution in [0.4, 0.5) is 4.79 Å². The van der Waals surface area contributed by atoms with Gasteiger partial charge in [0.1, 0.15) is 17.6 Å². The van der Waals surface area contributed by atoms with Gasteiger partial charge in [0, 0.05) is 48.0 Å². The standard InChI is InChI=1S/C31H32N2O7/c1-31(2,3)40-30(37)33(15-16-38-4)18-21-7-11-23(12-8-21)29(36)25-14-13-24-26(25)19-39-32-28(24)22-9-5-20(6-10-22)17-27(34)35/h5-14,19H,15-18H2,1-4H3,(H,34,35). The molecular formula is C31H32N2O7. The summed E-state index contributed by atoms with van der Waals surface area (Å²) in [5.41, 5.74) is 4.57. The quantitative estimate of drug-likeness (QED) is 0.253. The van der Waals surface area contributed by atoms with E-state index in [0.717, 1.165) is 16.7 Å². The largest absolute Gasteiger partial charge is 0.481 e. The van der Waals surface area contributed by atoms with Gasteiger partial charge in [0.2, 0.25) is 0 Å². The topological polar surface area (TPSA) is 119 Å². The molecule has 0 aromatic heterocycles. The number of nitrogens with zero attached hydrogens (tertiary/aromatic N) is 2. The summed E-state index contributed by atoms with van der Waals surface area (Å²) >= 11 is 0. The lowest BCUT2D eigenvalue weighted by molar-refractivity contribution is -0.136. The number of methoxy groups -OCH3 is 1. The van der Waals surface area contributed by atoms with E-state index in [1.165, 1.54) is 6.26 Å². The van der Waals surface area contributed by atoms with Crippen LogP contribution in [0.2, 0.25) is 0 Å². The van der Waals surface area contributed by atoms with E-state index in [9.17, 15) is 14.4 Å². The van der Waals surface area contributed by atoms with Crippen LogP contribution in [0.15, 0.2) is 71.4 Å². The van der Waals surface area contributed by atoms with E-state index in [1.54, 1.807) is 54.5 Å². The van der Waals surface area contributed by atoms with Gasteiger partial charge in [0.05, 0.1) is 13.0 Å². The Balaban J connectivity index is 1.51. The number of aromatic nitrogens is 1. The molecule has 1 aliphatic heterocycles. The number of carbonyl (C=O) groups excluding carboxylic acids is 2. The Labute approximate surface area is 232 Å². The molecule has 2 aliphatic rings. The van der Waals surface area contributed by atoms with E-state index < -0.39 is 17.7 Å². The summed E-state index contributed by atoms with van der Waals surface area (Å²) in [6.07, 6.45) is 0.952. The number of ether oxygens (including phenoxy) is 2. The van der Waals surface area contributed by atoms with Crippen molar-refractivity contribution in [3.05, 3.63) is 89.2 Å². The molecule has 2 aromatic rings. The molecule has 0 saturated heterocycles. The number of hydrogen-bond acceptors (Lipinski definition) is 7. The average Bonchev–Trinajstić information content (AvgIpc) is 3.34. The number of aliphatic carboxylic acids is 1. The minimum Gasteiger partial charge on any atom is -0.481 e. The van der Waals surface area contributed by atoms with Crippen LogP contribution in [0.25, 0.3) is 22.4 Å². The molecule has 1 amide bonds. The lowest BCUT2D eigenvalue weighted by Gasteiger charge is -2.27. The minimum atomic E-state index is -0.901. The number of carbonyl (C=O) groups is 3. The summed E-state index contributed by atoms with van der Waals surface area (Å²) in [5.74, 6) is -1.07. The van der Waals surface area contributed by atoms with Gasteiger partial charge >= 0.3 is 12.1 Å². The molecule has 1 heterocycles. The molecule has 0 bridgehead atoms. The van der Waals surface area contributed by atoms with Gasteiger partial charge in [-0.25, -0.2) is 4.79 Å². The SMILES string of the molecule is COCCN(Cc1ccc(C(=O)c2ccc3c(-c4ccc(CC(=O)O)cc4)nocc2-3)cc1)C(=O)OC(C)(C)C. The van der Waals surface area contributed by atoms with Crippen molar-refractivity contribution < 1.29 is 33.5 Å². The summed E-state index contributed by atoms with van der Waals surface area (Å²) in [4.78, 5) is 38.7. The summed E-state index contributed by atoms with van der Waals surface area (Å²) in [5, 5.41) is 13.2. The number of amides is 1. The predicted molar refractivity (Wildman–Crippen MR) is 148 cm³/mol. The third-order valence-electron chi connectivity index (χ3n) is 6.20. The zero-order chi connectivity index (χ0) is 28.9. The first-order valence-corrected chi connectivity index (χ1v) is 12.8. The van der Waals surface area contributed by atoms with Crippen molar-refractivity contribution in [1.29, 1.82) is 0 Å². The van der Waals surface area contributed by atoms with E-state index in [-0.39, 0.29) is 12.2 Å². The molecule has 0 spiro atoms. The zero-order valence-electron chi connectivity index (χ0n) is 23.0. The van der Waals surface area contributed by atoms with Gasteiger partial charge in [0.25, 0.3) is 0 Å². The van der Waals surface area contributed by atoms with Crippen LogP contribution in [0.3, 0.4) is 0 Å². The van der Waals surface area contributed by atoms with E-state index in [2.05, 4.69) is 5.16 Å². The second-order valence-corrected chi connectivity index (χ2v) is 10.4. The number of ketones is 1. The Morgan fingerprint density at radius 2 is 1.60 bits per heavy atom. The molecule has 1 N–H and O–H groups in total. The van der Waals surface area contributed by atoms with Crippen LogP contribution in [-0.2, 0) is 27.2 Å². The second kappa shape index (κ2) is 12.1. The molecule has 4 rings (SSSR count). The smallest absolute Gasteiger partial charge is 0.410 e. The highest BCUT2D eigenvalue weighted by atomic mass is 16.6. The zero-order valence-corrected chi connectivity index (χ0v) is 23.0. The van der Waals surface area contributed by atoms with Gasteiger partial charge in [-0.05, 0) is 38.0 Å². The average molecular weight is 545 g/mol. The molecule has 0 fully saturated rings. The molecule has 208 valence electrons. The summed E-state index contributed by atoms with van der Waals surface area (Å²) < 4.78 is 16.0. The number of fused-ring (bicyclic) bond motifs is 1. The highest BCUT2D eigenvalue weighted by molar-refractivity contribution is 6.14. The van der Waals surface area contributed by atoms with Crippen LogP contribution >= 0.6 is 0 Å². The van der Waals surface area contributed by atoms with Gasteiger partial charge in [-0.3, -0.25) is 9.59 Å². The van der Waals surface area contributed by atoms with Crippen molar-refractivity contribution in [3.63, 3.8) is 0 Å². The van der Waals surface area contributed by atoms with E-state index in [1.807, 2.05) is 39.0 Å². The van der Waals surface area contributed by atoms with Crippen LogP contribution in [0.1, 0.15) is 47.8 Å². The van der Waals surface area contributed by atoms with Crippen LogP contribution in [0.5, 0.6) is 0 Å². The van der Waals surface area contributed by atoms with Gasteiger partial charge in [-0.2, -0.15) is 0 Å². The fourth-order valence-electron chi connectivity index (χ4n) is 4.27. The molecule has 0 saturated carbocycles. The number of hydrogen-bond donors (Lipinski definition) is 1. The number of benzene rings is 2. The van der Waals surface area contributed by atoms with Gasteiger partial charge in [-0.15, -0.1) is 0 Å². The van der Waals surface area contributed by atoms with Crippen molar-refractivity contribution in [2.24, 2.45) is 0 Å². The number of carboxylic acid groups (broad SMARTS) is 1. The van der Waals surface area contributed by atoms with Crippen molar-refractivity contribution >= 4 is 17.8 Å². The number of rotatable bonds is 10. The normalized spacial score (nSPS) is 11.4. The Kier molecular flexibility index (Phi) is 8.64. The first-order valence-electron chi connectivity index (χ1n) is 12.8. The summed E-state index contributed by atoms with van der Waals surface area (Å²) in [6.45, 7) is 6.50. The first kappa shape index (κ1) is 28.5. The molecule has 1 aliphatic carbocycles. The second-order valence-electron chi connectivity index (χ2n) is 10.4. The Morgan fingerprint density at radius 1 is 0.925 bits per heavy atom. The van der Waals surface area contributed by atoms with Gasteiger partial charge in [0.15, 0.2) is 5.78 Å². The fourth-order valence-corrected chi connectivity index (χ4v) is 4.27. The molecule has 0 atom stereocenters. The van der Waals surface area contributed by atoms with Crippen molar-refractivity contribution in [2.75, 3.05) is 20.3 Å². The van der Waals surface area contributed by atoms with E-state index in [0.29, 0.717) is 47.6 Å². The highest BCUT2D eigenvalue weighted by Crippen LogP contribution is 2.36. The lowest BCUT2D eigenvalue weighted by atomic mass is 9.97. The molecule has 9 nitrogen and oxygen atoms in total. The van der Waals surface area contributed by atoms with Crippen molar-refractivity contribution in [3.8, 4) is 22.4 Å². The van der Waals surface area contributed by atoms with E-state index in [4.69, 9.17) is 19.1 Å². The van der Waals surface area contributed by atoms with Crippen molar-refractivity contribution in [2.45, 2.75) is 39.3 Å². The molecular weight excluding hydrogens is 512 g/mol. The monoisotopic (exact) mass is 544 g/mol. The Hall–Kier alpha value is -4.50. The van der Waals surface area contributed by atoms with Crippen LogP contribution < -0.4 is 0 Å². The third kappa shape index (κ3) is 6.92. The van der Waals surface area contributed by atoms with Crippen LogP contribution in [0, 0.1) is 0 Å². The first-order chi connectivity index (χ1) is 19.1. The highest BCUT2D eigenvalue weighted by Gasteiger charge is 2.24. The summed E-state index contributed by atoms with van der Waals surface area (Å²) in [7, 11) is 1.57. The van der Waals surface area contributed by atoms with E-state index >= 15 is 0 Å². The van der Waals surface area contributed by atoms with Crippen molar-refractivity contribution in [1.82, 2.24) is 10.1 Å². The molecule has 9 heteroatoms. The molecule has 0 radical (unpaired) electrons. The number of carboxylic acids is 1. The maximum Gasteiger partial charge on any atom is 0.410 e. The van der Waals surface area contributed by atoms with Gasteiger partial charge < -0.3 is 24.0 Å². The minimum absolute atomic E-state index is 0.0672. The third-order valence-corrected chi connectivity index (χ3v) is 6.20. The Morgan fingerprint density at radius 3 is 2.23 bits per heavy atom. The maximum absolute atomic E-state index is 13.4. The fraction of sp³-hybridized carbons (Fsp3) is 0.290. The Bertz CT molecular complexity index is 1450.